The van der Waals surface area contributed by atoms with Crippen LogP contribution in [0.1, 0.15) is 51.0 Å². The highest BCUT2D eigenvalue weighted by molar-refractivity contribution is 9.10. The molecule has 2 fully saturated rings. The summed E-state index contributed by atoms with van der Waals surface area (Å²) in [6, 6.07) is 4.80. The van der Waals surface area contributed by atoms with E-state index in [2.05, 4.69) is 38.9 Å². The van der Waals surface area contributed by atoms with Crippen molar-refractivity contribution in [2.45, 2.75) is 57.1 Å². The van der Waals surface area contributed by atoms with E-state index in [1.54, 1.807) is 0 Å². The summed E-state index contributed by atoms with van der Waals surface area (Å²) < 4.78 is 9.14. The fraction of sp³-hybridized carbons (Fsp3) is 0.562. The fourth-order valence-electron chi connectivity index (χ4n) is 3.03. The van der Waals surface area contributed by atoms with Crippen LogP contribution < -0.4 is 4.74 Å². The maximum absolute atomic E-state index is 5.92. The SMILES string of the molecule is Brc1cc2cn(C3CCCCC3)nc2cc1OC1CC1. The lowest BCUT2D eigenvalue weighted by molar-refractivity contribution is 0.301. The first-order valence-corrected chi connectivity index (χ1v) is 8.44. The summed E-state index contributed by atoms with van der Waals surface area (Å²) in [5.74, 6) is 0.939. The Morgan fingerprint density at radius 3 is 2.65 bits per heavy atom. The minimum atomic E-state index is 0.421. The molecule has 0 radical (unpaired) electrons. The van der Waals surface area contributed by atoms with Gasteiger partial charge in [0.05, 0.1) is 22.1 Å². The van der Waals surface area contributed by atoms with Crippen LogP contribution in [0.25, 0.3) is 10.9 Å². The smallest absolute Gasteiger partial charge is 0.136 e. The van der Waals surface area contributed by atoms with Gasteiger partial charge in [0, 0.05) is 17.6 Å². The zero-order valence-corrected chi connectivity index (χ0v) is 13.1. The largest absolute Gasteiger partial charge is 0.489 e. The Bertz CT molecular complexity index is 627. The van der Waals surface area contributed by atoms with Gasteiger partial charge in [-0.3, -0.25) is 4.68 Å². The quantitative estimate of drug-likeness (QED) is 0.802. The molecular weight excluding hydrogens is 316 g/mol. The molecule has 3 nitrogen and oxygen atoms in total. The average Bonchev–Trinajstić information content (AvgIpc) is 3.19. The Morgan fingerprint density at radius 2 is 1.90 bits per heavy atom. The molecule has 0 bridgehead atoms. The lowest BCUT2D eigenvalue weighted by Gasteiger charge is -2.21. The minimum absolute atomic E-state index is 0.421. The van der Waals surface area contributed by atoms with Crippen molar-refractivity contribution in [2.24, 2.45) is 0 Å². The Hall–Kier alpha value is -1.03. The number of hydrogen-bond donors (Lipinski definition) is 0. The second kappa shape index (κ2) is 5.06. The number of nitrogens with zero attached hydrogens (tertiary/aromatic N) is 2. The van der Waals surface area contributed by atoms with Crippen molar-refractivity contribution < 1.29 is 4.74 Å². The summed E-state index contributed by atoms with van der Waals surface area (Å²) in [5, 5.41) is 5.98. The average molecular weight is 335 g/mol. The molecule has 1 heterocycles. The summed E-state index contributed by atoms with van der Waals surface area (Å²) in [4.78, 5) is 0. The summed E-state index contributed by atoms with van der Waals surface area (Å²) >= 11 is 3.62. The third-order valence-corrected chi connectivity index (χ3v) is 4.96. The predicted molar refractivity (Wildman–Crippen MR) is 83.2 cm³/mol. The highest BCUT2D eigenvalue weighted by atomic mass is 79.9. The molecule has 0 spiro atoms. The first-order chi connectivity index (χ1) is 9.79. The topological polar surface area (TPSA) is 27.1 Å². The second-order valence-electron chi connectivity index (χ2n) is 6.06. The van der Waals surface area contributed by atoms with Gasteiger partial charge in [0.1, 0.15) is 5.75 Å². The number of benzene rings is 1. The van der Waals surface area contributed by atoms with Crippen LogP contribution in [0.5, 0.6) is 5.75 Å². The molecule has 2 aliphatic rings. The Kier molecular flexibility index (Phi) is 3.21. The van der Waals surface area contributed by atoms with E-state index in [9.17, 15) is 0 Å². The standard InChI is InChI=1S/C16H19BrN2O/c17-14-8-11-10-19(12-4-2-1-3-5-12)18-15(11)9-16(14)20-13-6-7-13/h8-10,12-13H,1-7H2. The van der Waals surface area contributed by atoms with Crippen LogP contribution >= 0.6 is 15.9 Å². The van der Waals surface area contributed by atoms with Crippen molar-refractivity contribution in [1.82, 2.24) is 9.78 Å². The van der Waals surface area contributed by atoms with Crippen LogP contribution in [0.15, 0.2) is 22.8 Å². The van der Waals surface area contributed by atoms with Crippen molar-refractivity contribution in [1.29, 1.82) is 0 Å². The molecule has 4 rings (SSSR count). The fourth-order valence-corrected chi connectivity index (χ4v) is 3.49. The molecule has 0 aliphatic heterocycles. The lowest BCUT2D eigenvalue weighted by atomic mass is 9.96. The van der Waals surface area contributed by atoms with Gasteiger partial charge in [-0.25, -0.2) is 0 Å². The minimum Gasteiger partial charge on any atom is -0.489 e. The highest BCUT2D eigenvalue weighted by Crippen LogP contribution is 2.36. The number of halogens is 1. The molecule has 0 amide bonds. The van der Waals surface area contributed by atoms with Crippen molar-refractivity contribution in [3.05, 3.63) is 22.8 Å². The van der Waals surface area contributed by atoms with Gasteiger partial charge in [-0.15, -0.1) is 0 Å². The van der Waals surface area contributed by atoms with Crippen molar-refractivity contribution in [3.8, 4) is 5.75 Å². The summed E-state index contributed by atoms with van der Waals surface area (Å²) in [5.41, 5.74) is 1.05. The number of hydrogen-bond acceptors (Lipinski definition) is 2. The molecule has 106 valence electrons. The number of ether oxygens (including phenoxy) is 1. The molecule has 2 aliphatic carbocycles. The number of aromatic nitrogens is 2. The van der Waals surface area contributed by atoms with E-state index in [0.717, 1.165) is 15.7 Å². The molecule has 0 atom stereocenters. The molecule has 1 aromatic heterocycles. The molecule has 2 saturated carbocycles. The van der Waals surface area contributed by atoms with Gasteiger partial charge < -0.3 is 4.74 Å². The van der Waals surface area contributed by atoms with Gasteiger partial charge in [0.2, 0.25) is 0 Å². The van der Waals surface area contributed by atoms with Crippen LogP contribution in [0.3, 0.4) is 0 Å². The molecular formula is C16H19BrN2O. The van der Waals surface area contributed by atoms with Gasteiger partial charge in [-0.1, -0.05) is 19.3 Å². The van der Waals surface area contributed by atoms with Crippen LogP contribution in [0.2, 0.25) is 0 Å². The molecule has 0 N–H and O–H groups in total. The third kappa shape index (κ3) is 2.46. The lowest BCUT2D eigenvalue weighted by Crippen LogP contribution is -2.12. The van der Waals surface area contributed by atoms with E-state index in [1.165, 1.54) is 50.3 Å². The highest BCUT2D eigenvalue weighted by Gasteiger charge is 2.25. The van der Waals surface area contributed by atoms with Crippen molar-refractivity contribution >= 4 is 26.8 Å². The van der Waals surface area contributed by atoms with E-state index in [1.807, 2.05) is 0 Å². The Morgan fingerprint density at radius 1 is 1.10 bits per heavy atom. The Labute approximate surface area is 127 Å². The van der Waals surface area contributed by atoms with Crippen molar-refractivity contribution in [2.75, 3.05) is 0 Å². The van der Waals surface area contributed by atoms with E-state index in [4.69, 9.17) is 9.84 Å². The third-order valence-electron chi connectivity index (χ3n) is 4.34. The van der Waals surface area contributed by atoms with Crippen LogP contribution in [-0.4, -0.2) is 15.9 Å². The van der Waals surface area contributed by atoms with Gasteiger partial charge in [-0.2, -0.15) is 5.10 Å². The van der Waals surface area contributed by atoms with E-state index in [-0.39, 0.29) is 0 Å². The maximum atomic E-state index is 5.92. The van der Waals surface area contributed by atoms with Crippen molar-refractivity contribution in [3.63, 3.8) is 0 Å². The first kappa shape index (κ1) is 12.7. The number of fused-ring (bicyclic) bond motifs is 1. The predicted octanol–water partition coefficient (Wildman–Crippen LogP) is 4.85. The Balaban J connectivity index is 1.67. The van der Waals surface area contributed by atoms with Crippen LogP contribution in [0, 0.1) is 0 Å². The first-order valence-electron chi connectivity index (χ1n) is 7.65. The van der Waals surface area contributed by atoms with E-state index >= 15 is 0 Å². The van der Waals surface area contributed by atoms with Crippen LogP contribution in [-0.2, 0) is 0 Å². The van der Waals surface area contributed by atoms with E-state index in [0.29, 0.717) is 12.1 Å². The van der Waals surface area contributed by atoms with Gasteiger partial charge in [-0.05, 0) is 47.7 Å². The maximum Gasteiger partial charge on any atom is 0.136 e. The second-order valence-corrected chi connectivity index (χ2v) is 6.91. The van der Waals surface area contributed by atoms with Gasteiger partial charge >= 0.3 is 0 Å². The molecule has 0 saturated heterocycles. The zero-order valence-electron chi connectivity index (χ0n) is 11.5. The molecule has 2 aromatic rings. The van der Waals surface area contributed by atoms with Crippen LogP contribution in [0.4, 0.5) is 0 Å². The monoisotopic (exact) mass is 334 g/mol. The molecule has 4 heteroatoms. The zero-order chi connectivity index (χ0) is 13.5. The van der Waals surface area contributed by atoms with Gasteiger partial charge in [0.15, 0.2) is 0 Å². The molecule has 20 heavy (non-hydrogen) atoms. The summed E-state index contributed by atoms with van der Waals surface area (Å²) in [6.45, 7) is 0. The summed E-state index contributed by atoms with van der Waals surface area (Å²) in [6.07, 6.45) is 11.5. The summed E-state index contributed by atoms with van der Waals surface area (Å²) in [7, 11) is 0. The number of rotatable bonds is 3. The van der Waals surface area contributed by atoms with Gasteiger partial charge in [0.25, 0.3) is 0 Å². The normalized spacial score (nSPS) is 20.4. The molecule has 1 aromatic carbocycles. The van der Waals surface area contributed by atoms with E-state index < -0.39 is 0 Å². The molecule has 0 unspecified atom stereocenters.